The van der Waals surface area contributed by atoms with Crippen molar-refractivity contribution in [1.29, 1.82) is 5.41 Å². The van der Waals surface area contributed by atoms with Gasteiger partial charge in [0.2, 0.25) is 0 Å². The van der Waals surface area contributed by atoms with Gasteiger partial charge < -0.3 is 21.8 Å². The SMILES string of the molecule is CC(=O)c1cc(CCC[C@H](C)N)cc(-c2cc3cn(-c4ccc([C@@H]5CCC[C@@H](CCSC(=N)N)N5)cc4)c(=O)nc3[nH]2)c1. The first kappa shape index (κ1) is 30.7. The third-order valence-corrected chi connectivity index (χ3v) is 8.87. The molecule has 43 heavy (non-hydrogen) atoms. The van der Waals surface area contributed by atoms with Crippen LogP contribution in [-0.2, 0) is 6.42 Å². The van der Waals surface area contributed by atoms with Crippen LogP contribution in [0.5, 0.6) is 0 Å². The van der Waals surface area contributed by atoms with Crippen molar-refractivity contribution < 1.29 is 4.79 Å². The summed E-state index contributed by atoms with van der Waals surface area (Å²) < 4.78 is 1.57. The second-order valence-electron chi connectivity index (χ2n) is 11.7. The molecule has 0 unspecified atom stereocenters. The van der Waals surface area contributed by atoms with E-state index in [1.165, 1.54) is 17.3 Å². The normalized spacial score (nSPS) is 17.7. The van der Waals surface area contributed by atoms with Crippen molar-refractivity contribution in [2.45, 2.75) is 76.9 Å². The Bertz CT molecular complexity index is 1660. The summed E-state index contributed by atoms with van der Waals surface area (Å²) in [6.07, 6.45) is 8.84. The van der Waals surface area contributed by atoms with Crippen LogP contribution in [0.3, 0.4) is 0 Å². The summed E-state index contributed by atoms with van der Waals surface area (Å²) in [6, 6.07) is 16.8. The topological polar surface area (TPSA) is 156 Å². The molecule has 7 N–H and O–H groups in total. The quantitative estimate of drug-likeness (QED) is 0.0871. The van der Waals surface area contributed by atoms with E-state index in [4.69, 9.17) is 16.9 Å². The van der Waals surface area contributed by atoms with Gasteiger partial charge in [0.1, 0.15) is 5.65 Å². The molecule has 0 radical (unpaired) electrons. The molecule has 1 fully saturated rings. The molecule has 9 nitrogen and oxygen atoms in total. The molecule has 1 saturated heterocycles. The fourth-order valence-electron chi connectivity index (χ4n) is 5.85. The lowest BCUT2D eigenvalue weighted by Crippen LogP contribution is -2.37. The summed E-state index contributed by atoms with van der Waals surface area (Å²) in [5.41, 5.74) is 17.0. The van der Waals surface area contributed by atoms with Gasteiger partial charge in [0.05, 0.1) is 5.69 Å². The van der Waals surface area contributed by atoms with E-state index in [9.17, 15) is 9.59 Å². The molecule has 5 rings (SSSR count). The highest BCUT2D eigenvalue weighted by atomic mass is 32.2. The molecule has 2 aromatic carbocycles. The summed E-state index contributed by atoms with van der Waals surface area (Å²) in [7, 11) is 0. The molecule has 0 aliphatic carbocycles. The van der Waals surface area contributed by atoms with Gasteiger partial charge in [-0.15, -0.1) is 0 Å². The maximum absolute atomic E-state index is 13.1. The first-order valence-corrected chi connectivity index (χ1v) is 16.0. The zero-order valence-electron chi connectivity index (χ0n) is 24.9. The number of carbonyl (C=O) groups excluding carboxylic acids is 1. The average molecular weight is 600 g/mol. The average Bonchev–Trinajstić information content (AvgIpc) is 3.39. The number of thioether (sulfide) groups is 1. The van der Waals surface area contributed by atoms with Crippen LogP contribution in [0.4, 0.5) is 0 Å². The Morgan fingerprint density at radius 1 is 1.19 bits per heavy atom. The molecule has 10 heteroatoms. The number of hydrogen-bond acceptors (Lipinski definition) is 7. The Balaban J connectivity index is 1.35. The minimum atomic E-state index is -0.360. The molecule has 226 valence electrons. The van der Waals surface area contributed by atoms with Gasteiger partial charge in [-0.1, -0.05) is 30.3 Å². The number of nitrogens with zero attached hydrogens (tertiary/aromatic N) is 2. The summed E-state index contributed by atoms with van der Waals surface area (Å²) in [6.45, 7) is 3.58. The van der Waals surface area contributed by atoms with Crippen LogP contribution < -0.4 is 22.5 Å². The van der Waals surface area contributed by atoms with E-state index in [0.29, 0.717) is 17.3 Å². The highest BCUT2D eigenvalue weighted by Gasteiger charge is 2.22. The Kier molecular flexibility index (Phi) is 9.79. The molecule has 1 aliphatic heterocycles. The van der Waals surface area contributed by atoms with Crippen LogP contribution >= 0.6 is 11.8 Å². The molecular formula is C33H41N7O2S. The fraction of sp³-hybridized carbons (Fsp3) is 0.394. The largest absolute Gasteiger partial charge is 0.379 e. The maximum atomic E-state index is 13.1. The maximum Gasteiger partial charge on any atom is 0.354 e. The van der Waals surface area contributed by atoms with Crippen molar-refractivity contribution in [2.75, 3.05) is 5.75 Å². The van der Waals surface area contributed by atoms with Gasteiger partial charge >= 0.3 is 5.69 Å². The lowest BCUT2D eigenvalue weighted by atomic mass is 9.92. The van der Waals surface area contributed by atoms with E-state index in [2.05, 4.69) is 33.5 Å². The van der Waals surface area contributed by atoms with Crippen LogP contribution in [0.25, 0.3) is 28.0 Å². The fourth-order valence-corrected chi connectivity index (χ4v) is 6.47. The number of amidine groups is 1. The molecule has 4 aromatic rings. The molecule has 1 aliphatic rings. The molecule has 0 spiro atoms. The van der Waals surface area contributed by atoms with Gasteiger partial charge in [-0.2, -0.15) is 4.98 Å². The van der Waals surface area contributed by atoms with Crippen LogP contribution in [0.2, 0.25) is 0 Å². The zero-order valence-corrected chi connectivity index (χ0v) is 25.7. The van der Waals surface area contributed by atoms with E-state index in [-0.39, 0.29) is 28.7 Å². The molecule has 3 heterocycles. The van der Waals surface area contributed by atoms with Crippen LogP contribution in [0, 0.1) is 5.41 Å². The molecule has 3 atom stereocenters. The number of nitrogens with one attached hydrogen (secondary N) is 3. The number of ketones is 1. The number of Topliss-reactive ketones (excluding diaryl/α,β-unsaturated/α-hetero) is 1. The number of H-pyrrole nitrogens is 1. The summed E-state index contributed by atoms with van der Waals surface area (Å²) in [5.74, 6) is 0.855. The van der Waals surface area contributed by atoms with E-state index in [1.54, 1.807) is 11.5 Å². The van der Waals surface area contributed by atoms with Gasteiger partial charge in [0, 0.05) is 46.7 Å². The van der Waals surface area contributed by atoms with E-state index in [0.717, 1.165) is 78.6 Å². The second kappa shape index (κ2) is 13.7. The van der Waals surface area contributed by atoms with Crippen molar-refractivity contribution in [3.8, 4) is 16.9 Å². The summed E-state index contributed by atoms with van der Waals surface area (Å²) in [5, 5.41) is 12.1. The van der Waals surface area contributed by atoms with Crippen molar-refractivity contribution in [2.24, 2.45) is 11.5 Å². The minimum absolute atomic E-state index is 0.0126. The van der Waals surface area contributed by atoms with Crippen molar-refractivity contribution >= 4 is 33.7 Å². The minimum Gasteiger partial charge on any atom is -0.379 e. The van der Waals surface area contributed by atoms with Crippen LogP contribution in [0.15, 0.2) is 59.5 Å². The number of aromatic amines is 1. The van der Waals surface area contributed by atoms with E-state index >= 15 is 0 Å². The predicted molar refractivity (Wildman–Crippen MR) is 176 cm³/mol. The molecule has 0 amide bonds. The lowest BCUT2D eigenvalue weighted by Gasteiger charge is -2.31. The third kappa shape index (κ3) is 7.81. The van der Waals surface area contributed by atoms with Gasteiger partial charge in [-0.3, -0.25) is 14.8 Å². The van der Waals surface area contributed by atoms with Gasteiger partial charge in [0.15, 0.2) is 11.0 Å². The molecule has 0 bridgehead atoms. The van der Waals surface area contributed by atoms with Crippen molar-refractivity contribution in [3.05, 3.63) is 81.9 Å². The molecule has 0 saturated carbocycles. The zero-order chi connectivity index (χ0) is 30.5. The van der Waals surface area contributed by atoms with E-state index in [1.807, 2.05) is 43.5 Å². The lowest BCUT2D eigenvalue weighted by molar-refractivity contribution is 0.101. The standard InChI is InChI=1S/C33H41N7O2S/c1-20(34)5-3-6-22-15-24(21(2)41)17-25(16-22)30-18-26-19-40(33(42)39-31(26)38-30)28-11-9-23(10-12-28)29-8-4-7-27(37-29)13-14-43-32(35)36/h9-12,15-20,27,29,37H,3-8,13-14,34H2,1-2H3,(H3,35,36)(H,38,39,42)/t20-,27-,29-/m0/s1. The van der Waals surface area contributed by atoms with Crippen LogP contribution in [0.1, 0.15) is 79.9 Å². The number of carbonyl (C=O) groups is 1. The van der Waals surface area contributed by atoms with Gasteiger partial charge in [-0.25, -0.2) is 4.79 Å². The highest BCUT2D eigenvalue weighted by molar-refractivity contribution is 8.13. The number of benzene rings is 2. The molecule has 2 aromatic heterocycles. The number of piperidine rings is 1. The number of fused-ring (bicyclic) bond motifs is 1. The molecular weight excluding hydrogens is 558 g/mol. The monoisotopic (exact) mass is 599 g/mol. The Morgan fingerprint density at radius 2 is 1.98 bits per heavy atom. The van der Waals surface area contributed by atoms with Crippen molar-refractivity contribution in [1.82, 2.24) is 19.9 Å². The number of aromatic nitrogens is 3. The van der Waals surface area contributed by atoms with Crippen molar-refractivity contribution in [3.63, 3.8) is 0 Å². The van der Waals surface area contributed by atoms with Gasteiger partial charge in [0.25, 0.3) is 0 Å². The Morgan fingerprint density at radius 3 is 2.70 bits per heavy atom. The second-order valence-corrected chi connectivity index (χ2v) is 12.8. The highest BCUT2D eigenvalue weighted by Crippen LogP contribution is 2.29. The Labute approximate surface area is 256 Å². The first-order chi connectivity index (χ1) is 20.7. The first-order valence-electron chi connectivity index (χ1n) is 15.0. The third-order valence-electron chi connectivity index (χ3n) is 8.12. The van der Waals surface area contributed by atoms with Crippen LogP contribution in [-0.4, -0.2) is 43.3 Å². The number of rotatable bonds is 11. The smallest absolute Gasteiger partial charge is 0.354 e. The predicted octanol–water partition coefficient (Wildman–Crippen LogP) is 5.45. The summed E-state index contributed by atoms with van der Waals surface area (Å²) >= 11 is 1.39. The van der Waals surface area contributed by atoms with E-state index < -0.39 is 0 Å². The summed E-state index contributed by atoms with van der Waals surface area (Å²) in [4.78, 5) is 33.0. The number of aryl methyl sites for hydroxylation is 1. The number of hydrogen-bond donors (Lipinski definition) is 5. The van der Waals surface area contributed by atoms with Gasteiger partial charge in [-0.05, 0) is 105 Å². The Hall–Kier alpha value is -3.73. The number of nitrogens with two attached hydrogens (primary N) is 2.